The summed E-state index contributed by atoms with van der Waals surface area (Å²) in [6.07, 6.45) is 1.31. The first-order chi connectivity index (χ1) is 9.41. The Morgan fingerprint density at radius 2 is 1.85 bits per heavy atom. The topological polar surface area (TPSA) is 62.3 Å². The Morgan fingerprint density at radius 1 is 1.15 bits per heavy atom. The van der Waals surface area contributed by atoms with E-state index in [0.29, 0.717) is 16.5 Å². The van der Waals surface area contributed by atoms with Gasteiger partial charge in [-0.3, -0.25) is 0 Å². The van der Waals surface area contributed by atoms with Crippen LogP contribution in [0, 0.1) is 0 Å². The summed E-state index contributed by atoms with van der Waals surface area (Å²) in [5, 5.41) is 3.60. The average Bonchev–Trinajstić information content (AvgIpc) is 2.42. The molecule has 0 saturated heterocycles. The number of hydrogen-bond acceptors (Lipinski definition) is 4. The summed E-state index contributed by atoms with van der Waals surface area (Å²) < 4.78 is 24.9. The number of anilines is 2. The molecule has 0 aliphatic carbocycles. The van der Waals surface area contributed by atoms with E-state index in [1.807, 2.05) is 18.2 Å². The number of hydrogen-bond donors (Lipinski definition) is 1. The first-order valence-electron chi connectivity index (χ1n) is 5.81. The Kier molecular flexibility index (Phi) is 4.27. The van der Waals surface area contributed by atoms with E-state index in [4.69, 9.17) is 11.6 Å². The lowest BCUT2D eigenvalue weighted by Crippen LogP contribution is -2.22. The second-order valence-corrected chi connectivity index (χ2v) is 6.83. The van der Waals surface area contributed by atoms with E-state index < -0.39 is 10.0 Å². The van der Waals surface area contributed by atoms with Crippen molar-refractivity contribution in [3.8, 4) is 0 Å². The number of aromatic nitrogens is 1. The van der Waals surface area contributed by atoms with Crippen LogP contribution >= 0.6 is 11.6 Å². The molecule has 0 spiro atoms. The van der Waals surface area contributed by atoms with Gasteiger partial charge in [0.2, 0.25) is 10.0 Å². The molecule has 0 aliphatic rings. The molecule has 0 atom stereocenters. The molecule has 0 amide bonds. The van der Waals surface area contributed by atoms with E-state index in [-0.39, 0.29) is 4.90 Å². The fourth-order valence-electron chi connectivity index (χ4n) is 1.52. The third-order valence-electron chi connectivity index (χ3n) is 2.65. The van der Waals surface area contributed by atoms with Crippen molar-refractivity contribution in [3.05, 3.63) is 47.6 Å². The molecule has 20 heavy (non-hydrogen) atoms. The van der Waals surface area contributed by atoms with Gasteiger partial charge in [0.25, 0.3) is 0 Å². The maximum Gasteiger partial charge on any atom is 0.244 e. The maximum absolute atomic E-state index is 11.9. The highest BCUT2D eigenvalue weighted by Gasteiger charge is 2.17. The number of benzene rings is 1. The number of sulfonamides is 1. The summed E-state index contributed by atoms with van der Waals surface area (Å²) in [6.45, 7) is 0. The van der Waals surface area contributed by atoms with Gasteiger partial charge in [0.05, 0.1) is 10.7 Å². The first-order valence-corrected chi connectivity index (χ1v) is 7.63. The molecule has 1 aromatic heterocycles. The predicted molar refractivity (Wildman–Crippen MR) is 79.8 cm³/mol. The molecule has 106 valence electrons. The fraction of sp³-hybridized carbons (Fsp3) is 0.154. The molecule has 0 fully saturated rings. The molecular formula is C13H14ClN3O2S. The van der Waals surface area contributed by atoms with Crippen molar-refractivity contribution in [1.29, 1.82) is 0 Å². The van der Waals surface area contributed by atoms with Crippen LogP contribution < -0.4 is 5.32 Å². The minimum atomic E-state index is -3.46. The van der Waals surface area contributed by atoms with Gasteiger partial charge in [0.1, 0.15) is 10.7 Å². The second kappa shape index (κ2) is 5.78. The van der Waals surface area contributed by atoms with Crippen LogP contribution in [-0.4, -0.2) is 31.8 Å². The van der Waals surface area contributed by atoms with E-state index in [1.54, 1.807) is 12.1 Å². The Bertz CT molecular complexity index is 700. The van der Waals surface area contributed by atoms with Crippen LogP contribution in [0.1, 0.15) is 0 Å². The van der Waals surface area contributed by atoms with Crippen molar-refractivity contribution in [2.75, 3.05) is 19.4 Å². The molecule has 1 aromatic carbocycles. The summed E-state index contributed by atoms with van der Waals surface area (Å²) in [5.74, 6) is 0.524. The number of para-hydroxylation sites is 1. The monoisotopic (exact) mass is 311 g/mol. The highest BCUT2D eigenvalue weighted by Crippen LogP contribution is 2.24. The SMILES string of the molecule is CN(C)S(=O)(=O)c1ccc(Nc2ccccc2Cl)nc1. The molecule has 0 unspecified atom stereocenters. The summed E-state index contributed by atoms with van der Waals surface area (Å²) in [5.41, 5.74) is 0.713. The molecule has 0 bridgehead atoms. The Balaban J connectivity index is 2.24. The van der Waals surface area contributed by atoms with E-state index in [9.17, 15) is 8.42 Å². The Hall–Kier alpha value is -1.63. The molecule has 2 rings (SSSR count). The molecule has 0 saturated carbocycles. The smallest absolute Gasteiger partial charge is 0.244 e. The van der Waals surface area contributed by atoms with Gasteiger partial charge in [-0.15, -0.1) is 0 Å². The molecule has 0 radical (unpaired) electrons. The number of halogens is 1. The van der Waals surface area contributed by atoms with Crippen LogP contribution in [-0.2, 0) is 10.0 Å². The summed E-state index contributed by atoms with van der Waals surface area (Å²) >= 11 is 6.03. The van der Waals surface area contributed by atoms with Gasteiger partial charge in [-0.1, -0.05) is 23.7 Å². The van der Waals surface area contributed by atoms with E-state index in [1.165, 1.54) is 26.4 Å². The Morgan fingerprint density at radius 3 is 2.40 bits per heavy atom. The van der Waals surface area contributed by atoms with Crippen molar-refractivity contribution in [2.24, 2.45) is 0 Å². The standard InChI is InChI=1S/C13H14ClN3O2S/c1-17(2)20(18,19)10-7-8-13(15-9-10)16-12-6-4-3-5-11(12)14/h3-9H,1-2H3,(H,15,16). The minimum absolute atomic E-state index is 0.146. The van der Waals surface area contributed by atoms with Crippen LogP contribution in [0.5, 0.6) is 0 Å². The Labute approximate surface area is 123 Å². The van der Waals surface area contributed by atoms with E-state index in [0.717, 1.165) is 4.31 Å². The molecule has 0 aliphatic heterocycles. The van der Waals surface area contributed by atoms with Crippen molar-refractivity contribution >= 4 is 33.1 Å². The lowest BCUT2D eigenvalue weighted by Gasteiger charge is -2.12. The van der Waals surface area contributed by atoms with Crippen LogP contribution in [0.25, 0.3) is 0 Å². The summed E-state index contributed by atoms with van der Waals surface area (Å²) in [6, 6.07) is 10.3. The second-order valence-electron chi connectivity index (χ2n) is 4.27. The number of nitrogens with one attached hydrogen (secondary N) is 1. The zero-order chi connectivity index (χ0) is 14.8. The van der Waals surface area contributed by atoms with E-state index >= 15 is 0 Å². The van der Waals surface area contributed by atoms with E-state index in [2.05, 4.69) is 10.3 Å². The van der Waals surface area contributed by atoms with Crippen molar-refractivity contribution < 1.29 is 8.42 Å². The van der Waals surface area contributed by atoms with Crippen LogP contribution in [0.15, 0.2) is 47.5 Å². The predicted octanol–water partition coefficient (Wildman–Crippen LogP) is 2.73. The molecular weight excluding hydrogens is 298 g/mol. The fourth-order valence-corrected chi connectivity index (χ4v) is 2.55. The number of rotatable bonds is 4. The summed E-state index contributed by atoms with van der Waals surface area (Å²) in [7, 11) is -0.503. The highest BCUT2D eigenvalue weighted by molar-refractivity contribution is 7.89. The normalized spacial score (nSPS) is 11.6. The zero-order valence-electron chi connectivity index (χ0n) is 11.0. The zero-order valence-corrected chi connectivity index (χ0v) is 12.6. The highest BCUT2D eigenvalue weighted by atomic mass is 35.5. The lowest BCUT2D eigenvalue weighted by atomic mass is 10.3. The van der Waals surface area contributed by atoms with Gasteiger partial charge in [-0.05, 0) is 24.3 Å². The van der Waals surface area contributed by atoms with Crippen LogP contribution in [0.4, 0.5) is 11.5 Å². The maximum atomic E-state index is 11.9. The van der Waals surface area contributed by atoms with Crippen molar-refractivity contribution in [3.63, 3.8) is 0 Å². The number of pyridine rings is 1. The largest absolute Gasteiger partial charge is 0.339 e. The minimum Gasteiger partial charge on any atom is -0.339 e. The molecule has 1 heterocycles. The lowest BCUT2D eigenvalue weighted by molar-refractivity contribution is 0.520. The first kappa shape index (κ1) is 14.8. The number of nitrogens with zero attached hydrogens (tertiary/aromatic N) is 2. The molecule has 5 nitrogen and oxygen atoms in total. The van der Waals surface area contributed by atoms with Gasteiger partial charge in [-0.25, -0.2) is 17.7 Å². The molecule has 7 heteroatoms. The quantitative estimate of drug-likeness (QED) is 0.943. The molecule has 1 N–H and O–H groups in total. The average molecular weight is 312 g/mol. The van der Waals surface area contributed by atoms with Crippen molar-refractivity contribution in [1.82, 2.24) is 9.29 Å². The van der Waals surface area contributed by atoms with Gasteiger partial charge in [0.15, 0.2) is 0 Å². The van der Waals surface area contributed by atoms with Crippen LogP contribution in [0.2, 0.25) is 5.02 Å². The third kappa shape index (κ3) is 3.09. The third-order valence-corrected chi connectivity index (χ3v) is 4.78. The van der Waals surface area contributed by atoms with Crippen LogP contribution in [0.3, 0.4) is 0 Å². The van der Waals surface area contributed by atoms with Gasteiger partial charge >= 0.3 is 0 Å². The van der Waals surface area contributed by atoms with Gasteiger partial charge in [0, 0.05) is 20.3 Å². The van der Waals surface area contributed by atoms with Gasteiger partial charge < -0.3 is 5.32 Å². The van der Waals surface area contributed by atoms with Crippen molar-refractivity contribution in [2.45, 2.75) is 4.90 Å². The molecule has 2 aromatic rings. The summed E-state index contributed by atoms with van der Waals surface area (Å²) in [4.78, 5) is 4.23. The van der Waals surface area contributed by atoms with Gasteiger partial charge in [-0.2, -0.15) is 0 Å².